The van der Waals surface area contributed by atoms with Crippen molar-refractivity contribution in [3.05, 3.63) is 64.7 Å². The van der Waals surface area contributed by atoms with Gasteiger partial charge in [-0.1, -0.05) is 31.2 Å². The Morgan fingerprint density at radius 3 is 2.63 bits per heavy atom. The number of amides is 2. The van der Waals surface area contributed by atoms with Crippen molar-refractivity contribution in [1.29, 1.82) is 0 Å². The zero-order valence-electron chi connectivity index (χ0n) is 15.3. The molecule has 0 radical (unpaired) electrons. The van der Waals surface area contributed by atoms with Crippen molar-refractivity contribution in [2.45, 2.75) is 32.6 Å². The number of carbonyl (C=O) groups is 2. The van der Waals surface area contributed by atoms with Crippen LogP contribution in [0.1, 0.15) is 36.5 Å². The number of benzene rings is 2. The highest BCUT2D eigenvalue weighted by molar-refractivity contribution is 6.31. The topological polar surface area (TPSA) is 58.6 Å². The second kappa shape index (κ2) is 7.27. The molecule has 5 nitrogen and oxygen atoms in total. The van der Waals surface area contributed by atoms with Gasteiger partial charge in [0.15, 0.2) is 0 Å². The van der Waals surface area contributed by atoms with Gasteiger partial charge >= 0.3 is 0 Å². The Morgan fingerprint density at radius 1 is 1.07 bits per heavy atom. The molecular weight excluding hydrogens is 340 g/mol. The number of carbonyl (C=O) groups excluding carboxylic acids is 2. The number of anilines is 1. The molecule has 0 aromatic heterocycles. The smallest absolute Gasteiger partial charge is 0.282 e. The van der Waals surface area contributed by atoms with Gasteiger partial charge in [0.1, 0.15) is 11.3 Å². The Balaban J connectivity index is 1.67. The molecule has 0 bridgehead atoms. The second-order valence-electron chi connectivity index (χ2n) is 6.79. The van der Waals surface area contributed by atoms with Gasteiger partial charge < -0.3 is 4.74 Å². The maximum absolute atomic E-state index is 12.8. The first kappa shape index (κ1) is 17.3. The van der Waals surface area contributed by atoms with Crippen molar-refractivity contribution in [2.24, 2.45) is 0 Å². The summed E-state index contributed by atoms with van der Waals surface area (Å²) in [4.78, 5) is 25.2. The van der Waals surface area contributed by atoms with E-state index in [1.165, 1.54) is 16.1 Å². The Labute approximate surface area is 158 Å². The van der Waals surface area contributed by atoms with Gasteiger partial charge in [0.25, 0.3) is 11.8 Å². The molecule has 1 fully saturated rings. The van der Waals surface area contributed by atoms with Crippen molar-refractivity contribution < 1.29 is 14.3 Å². The number of rotatable bonds is 5. The van der Waals surface area contributed by atoms with Crippen LogP contribution in [0, 0.1) is 0 Å². The van der Waals surface area contributed by atoms with Gasteiger partial charge in [0.05, 0.1) is 12.3 Å². The molecule has 2 aliphatic rings. The maximum atomic E-state index is 12.8. The van der Waals surface area contributed by atoms with Crippen LogP contribution in [0.3, 0.4) is 0 Å². The molecule has 1 aliphatic carbocycles. The molecule has 4 rings (SSSR count). The third kappa shape index (κ3) is 3.21. The molecule has 138 valence electrons. The van der Waals surface area contributed by atoms with E-state index in [1.807, 2.05) is 30.3 Å². The van der Waals surface area contributed by atoms with Crippen LogP contribution >= 0.6 is 0 Å². The summed E-state index contributed by atoms with van der Waals surface area (Å²) in [6.07, 6.45) is 5.66. The van der Waals surface area contributed by atoms with Gasteiger partial charge in [-0.2, -0.15) is 0 Å². The predicted octanol–water partition coefficient (Wildman–Crippen LogP) is 3.43. The quantitative estimate of drug-likeness (QED) is 0.655. The van der Waals surface area contributed by atoms with Gasteiger partial charge in [0, 0.05) is 0 Å². The van der Waals surface area contributed by atoms with E-state index in [-0.39, 0.29) is 17.4 Å². The normalized spacial score (nSPS) is 17.4. The van der Waals surface area contributed by atoms with Crippen molar-refractivity contribution in [3.8, 4) is 5.75 Å². The number of hydrazine groups is 1. The standard InChI is InChI=1S/C22H22N2O3/c1-2-13-27-20-12-11-15(17-9-6-10-18(17)20)14-19-21(25)23-24(22(19)26)16-7-4-3-5-8-16/h3-5,7-8,11-12,14H,2,6,9-10,13H2,1H3,(H,23,25)/b19-14+. The van der Waals surface area contributed by atoms with E-state index in [1.54, 1.807) is 18.2 Å². The van der Waals surface area contributed by atoms with Crippen LogP contribution < -0.4 is 15.2 Å². The SMILES string of the molecule is CCCOc1ccc(/C=C2\C(=O)NN(c3ccccc3)C2=O)c2c1CCC2. The molecule has 1 saturated heterocycles. The van der Waals surface area contributed by atoms with Crippen LogP contribution in [-0.2, 0) is 22.4 Å². The second-order valence-corrected chi connectivity index (χ2v) is 6.79. The summed E-state index contributed by atoms with van der Waals surface area (Å²) < 4.78 is 5.86. The average molecular weight is 362 g/mol. The summed E-state index contributed by atoms with van der Waals surface area (Å²) in [6, 6.07) is 13.0. The first-order chi connectivity index (χ1) is 13.2. The van der Waals surface area contributed by atoms with E-state index in [2.05, 4.69) is 12.3 Å². The third-order valence-corrected chi connectivity index (χ3v) is 4.95. The molecule has 2 amide bonds. The molecule has 1 heterocycles. The minimum Gasteiger partial charge on any atom is -0.493 e. The highest BCUT2D eigenvalue weighted by Gasteiger charge is 2.34. The molecule has 0 spiro atoms. The molecule has 2 aromatic carbocycles. The summed E-state index contributed by atoms with van der Waals surface area (Å²) in [5.74, 6) is 0.228. The van der Waals surface area contributed by atoms with Crippen molar-refractivity contribution in [1.82, 2.24) is 5.43 Å². The highest BCUT2D eigenvalue weighted by atomic mass is 16.5. The number of hydrogen-bond donors (Lipinski definition) is 1. The summed E-state index contributed by atoms with van der Waals surface area (Å²) in [7, 11) is 0. The Bertz CT molecular complexity index is 919. The zero-order chi connectivity index (χ0) is 18.8. The fourth-order valence-electron chi connectivity index (χ4n) is 3.66. The number of nitrogens with zero attached hydrogens (tertiary/aromatic N) is 1. The fraction of sp³-hybridized carbons (Fsp3) is 0.273. The number of hydrogen-bond acceptors (Lipinski definition) is 3. The average Bonchev–Trinajstić information content (AvgIpc) is 3.29. The number of nitrogens with one attached hydrogen (secondary N) is 1. The zero-order valence-corrected chi connectivity index (χ0v) is 15.3. The Kier molecular flexibility index (Phi) is 4.67. The molecule has 1 aliphatic heterocycles. The first-order valence-corrected chi connectivity index (χ1v) is 9.38. The number of ether oxygens (including phenoxy) is 1. The largest absolute Gasteiger partial charge is 0.493 e. The van der Waals surface area contributed by atoms with Crippen LogP contribution in [0.2, 0.25) is 0 Å². The molecule has 5 heteroatoms. The molecular formula is C22H22N2O3. The molecule has 0 saturated carbocycles. The lowest BCUT2D eigenvalue weighted by Crippen LogP contribution is -2.35. The van der Waals surface area contributed by atoms with E-state index in [4.69, 9.17) is 4.74 Å². The van der Waals surface area contributed by atoms with Crippen molar-refractivity contribution >= 4 is 23.6 Å². The Hall–Kier alpha value is -3.08. The van der Waals surface area contributed by atoms with E-state index < -0.39 is 0 Å². The summed E-state index contributed by atoms with van der Waals surface area (Å²) in [6.45, 7) is 2.78. The van der Waals surface area contributed by atoms with Gasteiger partial charge in [-0.05, 0) is 66.6 Å². The third-order valence-electron chi connectivity index (χ3n) is 4.95. The van der Waals surface area contributed by atoms with Crippen LogP contribution in [0.25, 0.3) is 6.08 Å². The lowest BCUT2D eigenvalue weighted by Gasteiger charge is -2.14. The molecule has 0 unspecified atom stereocenters. The van der Waals surface area contributed by atoms with E-state index >= 15 is 0 Å². The lowest BCUT2D eigenvalue weighted by atomic mass is 10.00. The van der Waals surface area contributed by atoms with Crippen molar-refractivity contribution in [2.75, 3.05) is 11.6 Å². The van der Waals surface area contributed by atoms with Crippen LogP contribution in [0.4, 0.5) is 5.69 Å². The van der Waals surface area contributed by atoms with Crippen LogP contribution in [-0.4, -0.2) is 18.4 Å². The van der Waals surface area contributed by atoms with Gasteiger partial charge in [-0.3, -0.25) is 15.0 Å². The Morgan fingerprint density at radius 2 is 1.85 bits per heavy atom. The summed E-state index contributed by atoms with van der Waals surface area (Å²) in [5, 5.41) is 1.30. The summed E-state index contributed by atoms with van der Waals surface area (Å²) in [5.41, 5.74) is 6.79. The first-order valence-electron chi connectivity index (χ1n) is 9.38. The van der Waals surface area contributed by atoms with E-state index in [9.17, 15) is 9.59 Å². The van der Waals surface area contributed by atoms with E-state index in [0.29, 0.717) is 12.3 Å². The lowest BCUT2D eigenvalue weighted by molar-refractivity contribution is -0.117. The maximum Gasteiger partial charge on any atom is 0.282 e. The van der Waals surface area contributed by atoms with Gasteiger partial charge in [-0.25, -0.2) is 5.01 Å². The van der Waals surface area contributed by atoms with Crippen molar-refractivity contribution in [3.63, 3.8) is 0 Å². The minimum atomic E-state index is -0.373. The fourth-order valence-corrected chi connectivity index (χ4v) is 3.66. The van der Waals surface area contributed by atoms with E-state index in [0.717, 1.165) is 37.0 Å². The van der Waals surface area contributed by atoms with Gasteiger partial charge in [-0.15, -0.1) is 0 Å². The molecule has 1 N–H and O–H groups in total. The van der Waals surface area contributed by atoms with Crippen LogP contribution in [0.15, 0.2) is 48.0 Å². The predicted molar refractivity (Wildman–Crippen MR) is 104 cm³/mol. The number of fused-ring (bicyclic) bond motifs is 1. The molecule has 0 atom stereocenters. The summed E-state index contributed by atoms with van der Waals surface area (Å²) >= 11 is 0. The minimum absolute atomic E-state index is 0.162. The highest BCUT2D eigenvalue weighted by Crippen LogP contribution is 2.35. The number of para-hydroxylation sites is 1. The molecule has 2 aromatic rings. The van der Waals surface area contributed by atoms with Crippen LogP contribution in [0.5, 0.6) is 5.75 Å². The monoisotopic (exact) mass is 362 g/mol. The van der Waals surface area contributed by atoms with Gasteiger partial charge in [0.2, 0.25) is 0 Å². The molecule has 27 heavy (non-hydrogen) atoms.